The van der Waals surface area contributed by atoms with E-state index in [9.17, 15) is 4.79 Å². The zero-order valence-corrected chi connectivity index (χ0v) is 14.4. The third-order valence-corrected chi connectivity index (χ3v) is 3.19. The summed E-state index contributed by atoms with van der Waals surface area (Å²) in [7, 11) is 0. The lowest BCUT2D eigenvalue weighted by Gasteiger charge is -2.21. The predicted molar refractivity (Wildman–Crippen MR) is 88.9 cm³/mol. The number of aryl methyl sites for hydroxylation is 1. The van der Waals surface area contributed by atoms with Crippen LogP contribution in [-0.4, -0.2) is 36.3 Å². The van der Waals surface area contributed by atoms with E-state index in [2.05, 4.69) is 35.5 Å². The molecule has 0 aliphatic heterocycles. The van der Waals surface area contributed by atoms with Gasteiger partial charge in [-0.3, -0.25) is 4.98 Å². The van der Waals surface area contributed by atoms with Crippen molar-refractivity contribution in [2.75, 3.05) is 19.6 Å². The van der Waals surface area contributed by atoms with Crippen LogP contribution in [0, 0.1) is 12.8 Å². The molecule has 5 heteroatoms. The number of rotatable bonds is 7. The second-order valence-corrected chi connectivity index (χ2v) is 6.74. The molecular formula is C17H29N3O2. The van der Waals surface area contributed by atoms with Gasteiger partial charge in [-0.2, -0.15) is 0 Å². The van der Waals surface area contributed by atoms with Gasteiger partial charge in [-0.05, 0) is 70.3 Å². The normalized spacial score (nSPS) is 12.8. The highest BCUT2D eigenvalue weighted by Crippen LogP contribution is 2.07. The Morgan fingerprint density at radius 2 is 2.09 bits per heavy atom. The van der Waals surface area contributed by atoms with Gasteiger partial charge < -0.3 is 15.4 Å². The Hall–Kier alpha value is -1.62. The maximum atomic E-state index is 11.6. The highest BCUT2D eigenvalue weighted by Gasteiger charge is 2.16. The Bertz CT molecular complexity index is 469. The first-order valence-corrected chi connectivity index (χ1v) is 7.85. The van der Waals surface area contributed by atoms with E-state index in [1.807, 2.05) is 33.2 Å². The topological polar surface area (TPSA) is 63.2 Å². The second kappa shape index (κ2) is 8.73. The third kappa shape index (κ3) is 7.98. The van der Waals surface area contributed by atoms with Crippen molar-refractivity contribution in [2.24, 2.45) is 5.92 Å². The molecule has 0 bridgehead atoms. The van der Waals surface area contributed by atoms with Crippen LogP contribution < -0.4 is 10.6 Å². The maximum absolute atomic E-state index is 11.6. The van der Waals surface area contributed by atoms with Gasteiger partial charge in [0, 0.05) is 18.9 Å². The first-order valence-electron chi connectivity index (χ1n) is 7.85. The van der Waals surface area contributed by atoms with Crippen LogP contribution in [0.25, 0.3) is 0 Å². The van der Waals surface area contributed by atoms with Gasteiger partial charge in [0.05, 0.1) is 0 Å². The molecule has 0 aliphatic carbocycles. The number of ether oxygens (including phenoxy) is 1. The molecule has 0 aromatic carbocycles. The van der Waals surface area contributed by atoms with Crippen LogP contribution >= 0.6 is 0 Å². The van der Waals surface area contributed by atoms with Gasteiger partial charge in [-0.1, -0.05) is 6.92 Å². The van der Waals surface area contributed by atoms with Crippen LogP contribution in [0.15, 0.2) is 18.5 Å². The minimum atomic E-state index is -0.450. The van der Waals surface area contributed by atoms with Crippen LogP contribution in [-0.2, 0) is 11.2 Å². The number of carbonyl (C=O) groups excluding carboxylic acids is 1. The predicted octanol–water partition coefficient (Wildman–Crippen LogP) is 2.68. The van der Waals surface area contributed by atoms with Crippen molar-refractivity contribution in [3.8, 4) is 0 Å². The summed E-state index contributed by atoms with van der Waals surface area (Å²) in [6.07, 6.45) is 4.35. The van der Waals surface area contributed by atoms with Crippen molar-refractivity contribution >= 4 is 6.09 Å². The molecule has 0 fully saturated rings. The fraction of sp³-hybridized carbons (Fsp3) is 0.647. The maximum Gasteiger partial charge on any atom is 0.407 e. The Morgan fingerprint density at radius 1 is 1.36 bits per heavy atom. The number of pyridine rings is 1. The van der Waals surface area contributed by atoms with Crippen LogP contribution in [0.1, 0.15) is 38.8 Å². The van der Waals surface area contributed by atoms with E-state index in [1.54, 1.807) is 0 Å². The summed E-state index contributed by atoms with van der Waals surface area (Å²) in [4.78, 5) is 15.7. The molecular weight excluding hydrogens is 278 g/mol. The fourth-order valence-electron chi connectivity index (χ4n) is 2.00. The SMILES string of the molecule is Cc1cnccc1CCNCC(C)CNC(=O)OC(C)(C)C. The Balaban J connectivity index is 2.15. The van der Waals surface area contributed by atoms with E-state index < -0.39 is 5.60 Å². The lowest BCUT2D eigenvalue weighted by molar-refractivity contribution is 0.0520. The summed E-state index contributed by atoms with van der Waals surface area (Å²) < 4.78 is 5.21. The quantitative estimate of drug-likeness (QED) is 0.760. The molecule has 0 radical (unpaired) electrons. The van der Waals surface area contributed by atoms with Gasteiger partial charge in [-0.25, -0.2) is 4.79 Å². The molecule has 5 nitrogen and oxygen atoms in total. The molecule has 0 saturated carbocycles. The highest BCUT2D eigenvalue weighted by molar-refractivity contribution is 5.67. The molecule has 1 unspecified atom stereocenters. The molecule has 1 atom stereocenters. The van der Waals surface area contributed by atoms with E-state index in [1.165, 1.54) is 11.1 Å². The number of nitrogens with zero attached hydrogens (tertiary/aromatic N) is 1. The van der Waals surface area contributed by atoms with Crippen molar-refractivity contribution in [1.29, 1.82) is 0 Å². The molecule has 1 heterocycles. The smallest absolute Gasteiger partial charge is 0.407 e. The lowest BCUT2D eigenvalue weighted by atomic mass is 10.1. The minimum absolute atomic E-state index is 0.353. The van der Waals surface area contributed by atoms with Gasteiger partial charge >= 0.3 is 6.09 Å². The van der Waals surface area contributed by atoms with Gasteiger partial charge in [0.25, 0.3) is 0 Å². The van der Waals surface area contributed by atoms with Gasteiger partial charge in [-0.15, -0.1) is 0 Å². The average Bonchev–Trinajstić information content (AvgIpc) is 2.41. The standard InChI is InChI=1S/C17H29N3O2/c1-13(11-20-16(21)22-17(3,4)5)10-18-8-6-15-7-9-19-12-14(15)2/h7,9,12-13,18H,6,8,10-11H2,1-5H3,(H,20,21). The summed E-state index contributed by atoms with van der Waals surface area (Å²) in [5.74, 6) is 0.353. The third-order valence-electron chi connectivity index (χ3n) is 3.19. The lowest BCUT2D eigenvalue weighted by Crippen LogP contribution is -2.37. The monoisotopic (exact) mass is 307 g/mol. The number of hydrogen-bond acceptors (Lipinski definition) is 4. The van der Waals surface area contributed by atoms with E-state index in [-0.39, 0.29) is 6.09 Å². The van der Waals surface area contributed by atoms with Crippen molar-refractivity contribution in [2.45, 2.75) is 46.6 Å². The summed E-state index contributed by atoms with van der Waals surface area (Å²) in [6, 6.07) is 2.06. The zero-order chi connectivity index (χ0) is 16.6. The Labute approximate surface area is 133 Å². The van der Waals surface area contributed by atoms with E-state index >= 15 is 0 Å². The number of alkyl carbamates (subject to hydrolysis) is 1. The Morgan fingerprint density at radius 3 is 2.73 bits per heavy atom. The van der Waals surface area contributed by atoms with Crippen LogP contribution in [0.5, 0.6) is 0 Å². The van der Waals surface area contributed by atoms with Crippen molar-refractivity contribution < 1.29 is 9.53 Å². The first-order chi connectivity index (χ1) is 10.3. The van der Waals surface area contributed by atoms with Crippen molar-refractivity contribution in [3.63, 3.8) is 0 Å². The van der Waals surface area contributed by atoms with Crippen LogP contribution in [0.3, 0.4) is 0 Å². The van der Waals surface area contributed by atoms with E-state index in [0.717, 1.165) is 19.5 Å². The number of hydrogen-bond donors (Lipinski definition) is 2. The van der Waals surface area contributed by atoms with Crippen molar-refractivity contribution in [3.05, 3.63) is 29.6 Å². The van der Waals surface area contributed by atoms with E-state index in [4.69, 9.17) is 4.74 Å². The number of nitrogens with one attached hydrogen (secondary N) is 2. The summed E-state index contributed by atoms with van der Waals surface area (Å²) in [6.45, 7) is 12.1. The summed E-state index contributed by atoms with van der Waals surface area (Å²) >= 11 is 0. The molecule has 0 aliphatic rings. The molecule has 1 amide bonds. The molecule has 1 rings (SSSR count). The second-order valence-electron chi connectivity index (χ2n) is 6.74. The first kappa shape index (κ1) is 18.4. The van der Waals surface area contributed by atoms with Gasteiger partial charge in [0.15, 0.2) is 0 Å². The van der Waals surface area contributed by atoms with Gasteiger partial charge in [0.2, 0.25) is 0 Å². The highest BCUT2D eigenvalue weighted by atomic mass is 16.6. The molecule has 0 spiro atoms. The zero-order valence-electron chi connectivity index (χ0n) is 14.4. The van der Waals surface area contributed by atoms with Crippen LogP contribution in [0.4, 0.5) is 4.79 Å². The van der Waals surface area contributed by atoms with E-state index in [0.29, 0.717) is 12.5 Å². The molecule has 1 aromatic rings. The molecule has 2 N–H and O–H groups in total. The molecule has 124 valence electrons. The fourth-order valence-corrected chi connectivity index (χ4v) is 2.00. The molecule has 1 aromatic heterocycles. The Kier molecular flexibility index (Phi) is 7.32. The summed E-state index contributed by atoms with van der Waals surface area (Å²) in [5, 5.41) is 6.22. The summed E-state index contributed by atoms with van der Waals surface area (Å²) in [5.41, 5.74) is 2.10. The average molecular weight is 307 g/mol. The van der Waals surface area contributed by atoms with Gasteiger partial charge in [0.1, 0.15) is 5.60 Å². The number of carbonyl (C=O) groups is 1. The molecule has 22 heavy (non-hydrogen) atoms. The number of aromatic nitrogens is 1. The number of amides is 1. The van der Waals surface area contributed by atoms with Crippen LogP contribution in [0.2, 0.25) is 0 Å². The molecule has 0 saturated heterocycles. The van der Waals surface area contributed by atoms with Crippen molar-refractivity contribution in [1.82, 2.24) is 15.6 Å². The minimum Gasteiger partial charge on any atom is -0.444 e. The largest absolute Gasteiger partial charge is 0.444 e.